The number of fused-ring (bicyclic) bond motifs is 1. The lowest BCUT2D eigenvalue weighted by Gasteiger charge is -1.90. The van der Waals surface area contributed by atoms with Crippen molar-refractivity contribution >= 4 is 11.9 Å². The van der Waals surface area contributed by atoms with Crippen LogP contribution in [0.25, 0.3) is 6.08 Å². The van der Waals surface area contributed by atoms with E-state index >= 15 is 0 Å². The lowest BCUT2D eigenvalue weighted by atomic mass is 10.1. The molecular formula is C9H10N2O. The summed E-state index contributed by atoms with van der Waals surface area (Å²) in [4.78, 5) is 11.4. The van der Waals surface area contributed by atoms with Gasteiger partial charge >= 0.3 is 0 Å². The van der Waals surface area contributed by atoms with Crippen molar-refractivity contribution in [2.24, 2.45) is 7.05 Å². The molecular weight excluding hydrogens is 152 g/mol. The van der Waals surface area contributed by atoms with Gasteiger partial charge in [0, 0.05) is 19.7 Å². The molecule has 0 aliphatic heterocycles. The molecule has 0 saturated heterocycles. The monoisotopic (exact) mass is 162 g/mol. The molecule has 0 aromatic carbocycles. The van der Waals surface area contributed by atoms with Crippen molar-refractivity contribution in [2.75, 3.05) is 0 Å². The first-order valence-corrected chi connectivity index (χ1v) is 4.01. The molecule has 1 aliphatic carbocycles. The first-order chi connectivity index (χ1) is 5.77. The van der Waals surface area contributed by atoms with Gasteiger partial charge in [-0.05, 0) is 12.5 Å². The van der Waals surface area contributed by atoms with Gasteiger partial charge in [0.2, 0.25) is 0 Å². The molecule has 3 heteroatoms. The van der Waals surface area contributed by atoms with Gasteiger partial charge in [-0.15, -0.1) is 0 Å². The Morgan fingerprint density at radius 2 is 2.42 bits per heavy atom. The van der Waals surface area contributed by atoms with Gasteiger partial charge in [0.05, 0.1) is 11.3 Å². The molecule has 0 atom stereocenters. The van der Waals surface area contributed by atoms with Crippen molar-refractivity contribution < 1.29 is 4.79 Å². The summed E-state index contributed by atoms with van der Waals surface area (Å²) in [6.07, 6.45) is 7.14. The zero-order chi connectivity index (χ0) is 8.55. The summed E-state index contributed by atoms with van der Waals surface area (Å²) >= 11 is 0. The number of aromatic nitrogens is 2. The van der Waals surface area contributed by atoms with Crippen LogP contribution < -0.4 is 0 Å². The minimum atomic E-state index is 0.197. The number of hydrogen-bond acceptors (Lipinski definition) is 2. The maximum absolute atomic E-state index is 11.4. The lowest BCUT2D eigenvalue weighted by Crippen LogP contribution is -1.96. The second-order valence-corrected chi connectivity index (χ2v) is 2.97. The molecule has 0 spiro atoms. The molecule has 1 heterocycles. The largest absolute Gasteiger partial charge is 0.294 e. The number of rotatable bonds is 0. The highest BCUT2D eigenvalue weighted by Crippen LogP contribution is 2.16. The zero-order valence-electron chi connectivity index (χ0n) is 6.95. The van der Waals surface area contributed by atoms with Crippen molar-refractivity contribution in [3.05, 3.63) is 23.5 Å². The number of carbonyl (C=O) groups excluding carboxylic acids is 1. The van der Waals surface area contributed by atoms with Crippen LogP contribution >= 0.6 is 0 Å². The van der Waals surface area contributed by atoms with E-state index < -0.39 is 0 Å². The molecule has 0 N–H and O–H groups in total. The molecule has 0 fully saturated rings. The van der Waals surface area contributed by atoms with Crippen molar-refractivity contribution in [1.29, 1.82) is 0 Å². The van der Waals surface area contributed by atoms with Crippen LogP contribution in [0, 0.1) is 0 Å². The summed E-state index contributed by atoms with van der Waals surface area (Å²) in [5, 5.41) is 4.17. The highest BCUT2D eigenvalue weighted by molar-refractivity contribution is 5.99. The molecule has 0 saturated carbocycles. The van der Waals surface area contributed by atoms with Crippen LogP contribution in [-0.2, 0) is 7.05 Å². The number of ketones is 1. The van der Waals surface area contributed by atoms with E-state index in [0.29, 0.717) is 6.42 Å². The fourth-order valence-electron chi connectivity index (χ4n) is 1.39. The fraction of sp³-hybridized carbons (Fsp3) is 0.333. The van der Waals surface area contributed by atoms with Gasteiger partial charge in [0.25, 0.3) is 0 Å². The molecule has 1 aromatic rings. The van der Waals surface area contributed by atoms with E-state index in [1.54, 1.807) is 10.9 Å². The van der Waals surface area contributed by atoms with E-state index in [1.807, 2.05) is 19.2 Å². The average Bonchev–Trinajstić information content (AvgIpc) is 2.33. The number of nitrogens with zero attached hydrogens (tertiary/aromatic N) is 2. The van der Waals surface area contributed by atoms with Crippen molar-refractivity contribution in [2.45, 2.75) is 12.8 Å². The van der Waals surface area contributed by atoms with Crippen LogP contribution in [0.5, 0.6) is 0 Å². The Bertz CT molecular complexity index is 349. The molecule has 2 rings (SSSR count). The van der Waals surface area contributed by atoms with Crippen LogP contribution in [0.1, 0.15) is 28.9 Å². The number of hydrogen-bond donors (Lipinski definition) is 0. The Kier molecular flexibility index (Phi) is 1.57. The van der Waals surface area contributed by atoms with Gasteiger partial charge in [0.15, 0.2) is 5.78 Å². The van der Waals surface area contributed by atoms with Gasteiger partial charge in [-0.2, -0.15) is 5.10 Å². The third-order valence-electron chi connectivity index (χ3n) is 1.97. The van der Waals surface area contributed by atoms with Gasteiger partial charge in [-0.25, -0.2) is 0 Å². The zero-order valence-corrected chi connectivity index (χ0v) is 6.95. The van der Waals surface area contributed by atoms with E-state index in [9.17, 15) is 4.79 Å². The molecule has 0 bridgehead atoms. The Morgan fingerprint density at radius 1 is 1.58 bits per heavy atom. The number of carbonyl (C=O) groups is 1. The molecule has 12 heavy (non-hydrogen) atoms. The number of aryl methyl sites for hydroxylation is 1. The number of allylic oxidation sites excluding steroid dienone is 1. The normalized spacial score (nSPS) is 15.9. The van der Waals surface area contributed by atoms with E-state index in [-0.39, 0.29) is 5.78 Å². The smallest absolute Gasteiger partial charge is 0.166 e. The van der Waals surface area contributed by atoms with Gasteiger partial charge in [-0.3, -0.25) is 9.48 Å². The maximum Gasteiger partial charge on any atom is 0.166 e. The summed E-state index contributed by atoms with van der Waals surface area (Å²) in [6, 6.07) is 0. The minimum absolute atomic E-state index is 0.197. The quantitative estimate of drug-likeness (QED) is 0.578. The van der Waals surface area contributed by atoms with Gasteiger partial charge in [-0.1, -0.05) is 6.08 Å². The maximum atomic E-state index is 11.4. The van der Waals surface area contributed by atoms with Crippen LogP contribution in [-0.4, -0.2) is 15.6 Å². The molecule has 0 amide bonds. The topological polar surface area (TPSA) is 34.9 Å². The molecule has 62 valence electrons. The highest BCUT2D eigenvalue weighted by Gasteiger charge is 2.14. The Balaban J connectivity index is 2.55. The van der Waals surface area contributed by atoms with Crippen LogP contribution in [0.15, 0.2) is 12.3 Å². The third kappa shape index (κ3) is 1.07. The predicted molar refractivity (Wildman–Crippen MR) is 45.8 cm³/mol. The molecule has 3 nitrogen and oxygen atoms in total. The SMILES string of the molecule is Cn1cc2c(n1)C=CCCC2=O. The van der Waals surface area contributed by atoms with E-state index in [2.05, 4.69) is 5.10 Å². The van der Waals surface area contributed by atoms with Crippen molar-refractivity contribution in [3.63, 3.8) is 0 Å². The predicted octanol–water partition coefficient (Wildman–Crippen LogP) is 1.41. The van der Waals surface area contributed by atoms with E-state index in [0.717, 1.165) is 17.7 Å². The Labute approximate surface area is 70.7 Å². The standard InChI is InChI=1S/C9H10N2O/c1-11-6-7-8(10-11)4-2-3-5-9(7)12/h2,4,6H,3,5H2,1H3. The summed E-state index contributed by atoms with van der Waals surface area (Å²) < 4.78 is 1.68. The summed E-state index contributed by atoms with van der Waals surface area (Å²) in [7, 11) is 1.83. The first kappa shape index (κ1) is 7.28. The Morgan fingerprint density at radius 3 is 3.25 bits per heavy atom. The summed E-state index contributed by atoms with van der Waals surface area (Å²) in [5.41, 5.74) is 1.56. The second kappa shape index (κ2) is 2.59. The average molecular weight is 162 g/mol. The van der Waals surface area contributed by atoms with Gasteiger partial charge in [0.1, 0.15) is 0 Å². The summed E-state index contributed by atoms with van der Waals surface area (Å²) in [6.45, 7) is 0. The third-order valence-corrected chi connectivity index (χ3v) is 1.97. The van der Waals surface area contributed by atoms with E-state index in [1.165, 1.54) is 0 Å². The minimum Gasteiger partial charge on any atom is -0.294 e. The molecule has 0 unspecified atom stereocenters. The van der Waals surface area contributed by atoms with E-state index in [4.69, 9.17) is 0 Å². The molecule has 1 aromatic heterocycles. The lowest BCUT2D eigenvalue weighted by molar-refractivity contribution is 0.0984. The molecule has 0 radical (unpaired) electrons. The van der Waals surface area contributed by atoms with Crippen molar-refractivity contribution in [3.8, 4) is 0 Å². The second-order valence-electron chi connectivity index (χ2n) is 2.97. The van der Waals surface area contributed by atoms with Crippen LogP contribution in [0.2, 0.25) is 0 Å². The fourth-order valence-corrected chi connectivity index (χ4v) is 1.39. The number of Topliss-reactive ketones (excluding diaryl/α,β-unsaturated/α-hetero) is 1. The van der Waals surface area contributed by atoms with Crippen LogP contribution in [0.4, 0.5) is 0 Å². The van der Waals surface area contributed by atoms with Gasteiger partial charge < -0.3 is 0 Å². The van der Waals surface area contributed by atoms with Crippen LogP contribution in [0.3, 0.4) is 0 Å². The van der Waals surface area contributed by atoms with Crippen molar-refractivity contribution in [1.82, 2.24) is 9.78 Å². The first-order valence-electron chi connectivity index (χ1n) is 4.01. The summed E-state index contributed by atoms with van der Waals surface area (Å²) in [5.74, 6) is 0.197. The Hall–Kier alpha value is -1.38. The highest BCUT2D eigenvalue weighted by atomic mass is 16.1. The molecule has 1 aliphatic rings.